The van der Waals surface area contributed by atoms with Crippen molar-refractivity contribution in [3.8, 4) is 0 Å². The van der Waals surface area contributed by atoms with Crippen LogP contribution >= 0.6 is 0 Å². The first-order chi connectivity index (χ1) is 5.34. The van der Waals surface area contributed by atoms with Crippen LogP contribution in [0.4, 0.5) is 0 Å². The van der Waals surface area contributed by atoms with Gasteiger partial charge in [-0.3, -0.25) is 0 Å². The molecule has 0 saturated carbocycles. The highest BCUT2D eigenvalue weighted by Gasteiger charge is 2.22. The summed E-state index contributed by atoms with van der Waals surface area (Å²) < 4.78 is 0. The molecule has 0 unspecified atom stereocenters. The first kappa shape index (κ1) is 8.22. The van der Waals surface area contributed by atoms with Gasteiger partial charge >= 0.3 is 0 Å². The van der Waals surface area contributed by atoms with Gasteiger partial charge in [0, 0.05) is 18.7 Å². The molecular formula is C5H13N4O2+. The lowest BCUT2D eigenvalue weighted by Crippen LogP contribution is -2.51. The van der Waals surface area contributed by atoms with E-state index >= 15 is 0 Å². The van der Waals surface area contributed by atoms with Crippen LogP contribution in [0.5, 0.6) is 0 Å². The van der Waals surface area contributed by atoms with E-state index in [0.717, 1.165) is 13.1 Å². The molecular weight excluding hydrogens is 148 g/mol. The van der Waals surface area contributed by atoms with Gasteiger partial charge in [-0.1, -0.05) is 0 Å². The second-order valence-electron chi connectivity index (χ2n) is 2.27. The molecule has 2 N–H and O–H groups in total. The fraction of sp³-hybridized carbons (Fsp3) is 1.00. The van der Waals surface area contributed by atoms with Gasteiger partial charge in [0.25, 0.3) is 4.98 Å². The van der Waals surface area contributed by atoms with Crippen molar-refractivity contribution in [3.05, 3.63) is 4.91 Å². The third-order valence-electron chi connectivity index (χ3n) is 1.52. The zero-order valence-electron chi connectivity index (χ0n) is 6.54. The lowest BCUT2D eigenvalue weighted by Gasteiger charge is -2.18. The number of nitrogens with zero attached hydrogens (tertiary/aromatic N) is 2. The van der Waals surface area contributed by atoms with E-state index in [-0.39, 0.29) is 0 Å². The number of piperazine rings is 1. The number of hydrogen-bond acceptors (Lipinski definition) is 3. The van der Waals surface area contributed by atoms with Gasteiger partial charge in [-0.25, -0.2) is 4.84 Å². The molecule has 0 aromatic rings. The predicted octanol–water partition coefficient (Wildman–Crippen LogP) is -1.35. The van der Waals surface area contributed by atoms with Crippen molar-refractivity contribution in [1.82, 2.24) is 15.9 Å². The molecule has 1 heterocycles. The molecule has 6 heteroatoms. The first-order valence-corrected chi connectivity index (χ1v) is 3.56. The molecule has 0 radical (unpaired) electrons. The highest BCUT2D eigenvalue weighted by atomic mass is 16.7. The Kier molecular flexibility index (Phi) is 3.06. The highest BCUT2D eigenvalue weighted by molar-refractivity contribution is 4.58. The van der Waals surface area contributed by atoms with Crippen molar-refractivity contribution in [2.45, 2.75) is 0 Å². The first-order valence-electron chi connectivity index (χ1n) is 3.56. The van der Waals surface area contributed by atoms with E-state index in [9.17, 15) is 4.91 Å². The summed E-state index contributed by atoms with van der Waals surface area (Å²) in [6, 6.07) is 0. The van der Waals surface area contributed by atoms with Gasteiger partial charge in [-0.15, -0.1) is 5.01 Å². The van der Waals surface area contributed by atoms with Crippen molar-refractivity contribution in [1.29, 1.82) is 0 Å². The molecule has 0 atom stereocenters. The predicted molar refractivity (Wildman–Crippen MR) is 38.2 cm³/mol. The van der Waals surface area contributed by atoms with Crippen molar-refractivity contribution in [3.63, 3.8) is 0 Å². The number of nitrogens with one attached hydrogen (secondary N) is 2. The Bertz CT molecular complexity index is 134. The Morgan fingerprint density at radius 2 is 2.18 bits per heavy atom. The maximum absolute atomic E-state index is 11.0. The summed E-state index contributed by atoms with van der Waals surface area (Å²) in [5, 5.41) is 4.76. The molecule has 0 amide bonds. The molecule has 0 aliphatic carbocycles. The zero-order chi connectivity index (χ0) is 8.10. The molecule has 1 fully saturated rings. The van der Waals surface area contributed by atoms with Gasteiger partial charge in [0.2, 0.25) is 0 Å². The highest BCUT2D eigenvalue weighted by Crippen LogP contribution is 1.89. The fourth-order valence-electron chi connectivity index (χ4n) is 0.971. The van der Waals surface area contributed by atoms with Crippen LogP contribution in [0.25, 0.3) is 0 Å². The summed E-state index contributed by atoms with van der Waals surface area (Å²) in [5.74, 6) is 0. The summed E-state index contributed by atoms with van der Waals surface area (Å²) in [6.07, 6.45) is 0. The molecule has 64 valence electrons. The van der Waals surface area contributed by atoms with Crippen LogP contribution in [-0.4, -0.2) is 43.3 Å². The van der Waals surface area contributed by atoms with Gasteiger partial charge in [0.1, 0.15) is 0 Å². The lowest BCUT2D eigenvalue weighted by molar-refractivity contribution is -0.788. The second-order valence-corrected chi connectivity index (χ2v) is 2.27. The molecule has 0 aromatic carbocycles. The van der Waals surface area contributed by atoms with Crippen LogP contribution in [0.2, 0.25) is 0 Å². The van der Waals surface area contributed by atoms with Gasteiger partial charge < -0.3 is 5.32 Å². The number of hydrazine groups is 2. The quantitative estimate of drug-likeness (QED) is 0.396. The van der Waals surface area contributed by atoms with Crippen LogP contribution in [-0.2, 0) is 4.84 Å². The van der Waals surface area contributed by atoms with E-state index < -0.39 is 0 Å². The Morgan fingerprint density at radius 1 is 1.55 bits per heavy atom. The summed E-state index contributed by atoms with van der Waals surface area (Å²) in [7, 11) is 1.41. The Hall–Kier alpha value is -0.880. The summed E-state index contributed by atoms with van der Waals surface area (Å²) in [5.41, 5.74) is 2.19. The lowest BCUT2D eigenvalue weighted by atomic mass is 10.4. The third kappa shape index (κ3) is 2.32. The van der Waals surface area contributed by atoms with Crippen LogP contribution in [0.1, 0.15) is 0 Å². The molecule has 1 aliphatic rings. The number of nitroso groups, excluding NO2 is 1. The molecule has 1 saturated heterocycles. The summed E-state index contributed by atoms with van der Waals surface area (Å²) in [4.78, 5) is 16.0. The van der Waals surface area contributed by atoms with Crippen LogP contribution < -0.4 is 10.9 Å². The van der Waals surface area contributed by atoms with Crippen molar-refractivity contribution in [2.75, 3.05) is 33.3 Å². The van der Waals surface area contributed by atoms with E-state index in [0.29, 0.717) is 18.1 Å². The van der Waals surface area contributed by atoms with E-state index in [1.807, 2.05) is 0 Å². The van der Waals surface area contributed by atoms with E-state index in [4.69, 9.17) is 0 Å². The van der Waals surface area contributed by atoms with E-state index in [1.165, 1.54) is 7.11 Å². The van der Waals surface area contributed by atoms with Crippen LogP contribution in [0, 0.1) is 4.91 Å². The number of rotatable bonds is 3. The van der Waals surface area contributed by atoms with Gasteiger partial charge in [0.15, 0.2) is 0 Å². The van der Waals surface area contributed by atoms with Crippen LogP contribution in [0.3, 0.4) is 0 Å². The van der Waals surface area contributed by atoms with Crippen molar-refractivity contribution < 1.29 is 9.82 Å². The largest absolute Gasteiger partial charge is 0.313 e. The molecule has 1 aliphatic heterocycles. The smallest absolute Gasteiger partial charge is 0.274 e. The minimum Gasteiger partial charge on any atom is -0.313 e. The van der Waals surface area contributed by atoms with Gasteiger partial charge in [-0.2, -0.15) is 0 Å². The van der Waals surface area contributed by atoms with Crippen molar-refractivity contribution >= 4 is 0 Å². The number of hydrogen-bond donors (Lipinski definition) is 2. The Morgan fingerprint density at radius 3 is 2.73 bits per heavy atom. The fourth-order valence-corrected chi connectivity index (χ4v) is 0.971. The summed E-state index contributed by atoms with van der Waals surface area (Å²) >= 11 is 0. The maximum atomic E-state index is 11.0. The standard InChI is InChI=1S/C5H13N4O2/c1-11-7-9(10)8-4-2-6-3-5-8/h6H,2-5H2,1H3,(H,7,10)/q+1. The topological polar surface area (TPSA) is 56.6 Å². The van der Waals surface area contributed by atoms with Crippen molar-refractivity contribution in [2.24, 2.45) is 0 Å². The average molecular weight is 161 g/mol. The molecule has 11 heavy (non-hydrogen) atoms. The maximum Gasteiger partial charge on any atom is 0.274 e. The summed E-state index contributed by atoms with van der Waals surface area (Å²) in [6.45, 7) is 3.09. The van der Waals surface area contributed by atoms with Crippen LogP contribution in [0.15, 0.2) is 0 Å². The zero-order valence-corrected chi connectivity index (χ0v) is 6.54. The van der Waals surface area contributed by atoms with E-state index in [2.05, 4.69) is 15.7 Å². The molecule has 0 bridgehead atoms. The van der Waals surface area contributed by atoms with E-state index in [1.54, 1.807) is 5.01 Å². The molecule has 0 aromatic heterocycles. The molecule has 6 nitrogen and oxygen atoms in total. The van der Waals surface area contributed by atoms with Gasteiger partial charge in [0.05, 0.1) is 25.1 Å². The third-order valence-corrected chi connectivity index (χ3v) is 1.52. The Balaban J connectivity index is 2.27. The molecule has 1 rings (SSSR count). The Labute approximate surface area is 65.0 Å². The second kappa shape index (κ2) is 4.09. The minimum absolute atomic E-state index is 0.612. The average Bonchev–Trinajstić information content (AvgIpc) is 2.07. The normalized spacial score (nSPS) is 18.1. The monoisotopic (exact) mass is 161 g/mol. The SMILES string of the molecule is CON[N+](=O)N1CCNCC1. The van der Waals surface area contributed by atoms with Gasteiger partial charge in [-0.05, 0) is 0 Å². The minimum atomic E-state index is 0.612. The molecule has 0 spiro atoms.